The Bertz CT molecular complexity index is 948. The van der Waals surface area contributed by atoms with Gasteiger partial charge in [0.15, 0.2) is 5.82 Å². The quantitative estimate of drug-likeness (QED) is 0.518. The van der Waals surface area contributed by atoms with Crippen molar-refractivity contribution in [2.45, 2.75) is 13.3 Å². The fraction of sp³-hybridized carbons (Fsp3) is 0.150. The first-order valence-electron chi connectivity index (χ1n) is 8.30. The predicted octanol–water partition coefficient (Wildman–Crippen LogP) is 4.11. The second-order valence-electron chi connectivity index (χ2n) is 5.63. The largest absolute Gasteiger partial charge is 0.462 e. The number of carbonyl (C=O) groups is 1. The number of benzene rings is 2. The van der Waals surface area contributed by atoms with E-state index in [1.807, 2.05) is 31.2 Å². The number of para-hydroxylation sites is 2. The SMILES string of the molecule is CCCOC(=O)c1ccc(NC=C(C#N)c2nc3ccccc3[nH]2)cc1. The standard InChI is InChI=1S/C20H18N4O2/c1-2-11-26-20(25)14-7-9-16(10-8-14)22-13-15(12-21)19-23-17-5-3-4-6-18(17)24-19/h3-10,13,22H,2,11H2,1H3,(H,23,24). The van der Waals surface area contributed by atoms with Gasteiger partial charge in [-0.15, -0.1) is 0 Å². The summed E-state index contributed by atoms with van der Waals surface area (Å²) in [5, 5.41) is 12.5. The molecule has 1 heterocycles. The fourth-order valence-electron chi connectivity index (χ4n) is 2.37. The van der Waals surface area contributed by atoms with Crippen LogP contribution in [0.1, 0.15) is 29.5 Å². The average molecular weight is 346 g/mol. The van der Waals surface area contributed by atoms with E-state index in [4.69, 9.17) is 4.74 Å². The number of nitriles is 1. The molecule has 0 spiro atoms. The Morgan fingerprint density at radius 2 is 2.04 bits per heavy atom. The van der Waals surface area contributed by atoms with Gasteiger partial charge in [-0.05, 0) is 42.8 Å². The van der Waals surface area contributed by atoms with E-state index in [0.29, 0.717) is 23.6 Å². The maximum absolute atomic E-state index is 11.8. The molecule has 0 radical (unpaired) electrons. The minimum absolute atomic E-state index is 0.339. The van der Waals surface area contributed by atoms with Crippen LogP contribution in [0.2, 0.25) is 0 Å². The monoisotopic (exact) mass is 346 g/mol. The van der Waals surface area contributed by atoms with Gasteiger partial charge in [0.1, 0.15) is 11.6 Å². The molecule has 26 heavy (non-hydrogen) atoms. The maximum Gasteiger partial charge on any atom is 0.338 e. The minimum atomic E-state index is -0.339. The number of hydrogen-bond donors (Lipinski definition) is 2. The lowest BCUT2D eigenvalue weighted by Crippen LogP contribution is -2.05. The van der Waals surface area contributed by atoms with Crippen LogP contribution < -0.4 is 5.32 Å². The van der Waals surface area contributed by atoms with Crippen molar-refractivity contribution in [1.82, 2.24) is 9.97 Å². The van der Waals surface area contributed by atoms with Crippen LogP contribution in [0.25, 0.3) is 16.6 Å². The van der Waals surface area contributed by atoms with Crippen LogP contribution in [0.3, 0.4) is 0 Å². The summed E-state index contributed by atoms with van der Waals surface area (Å²) in [4.78, 5) is 19.3. The lowest BCUT2D eigenvalue weighted by Gasteiger charge is -2.05. The first kappa shape index (κ1) is 17.2. The summed E-state index contributed by atoms with van der Waals surface area (Å²) in [5.41, 5.74) is 3.30. The molecule has 0 atom stereocenters. The molecule has 130 valence electrons. The van der Waals surface area contributed by atoms with Gasteiger partial charge in [-0.2, -0.15) is 5.26 Å². The Morgan fingerprint density at radius 3 is 2.73 bits per heavy atom. The van der Waals surface area contributed by atoms with E-state index in [0.717, 1.165) is 23.1 Å². The van der Waals surface area contributed by atoms with Gasteiger partial charge in [0.2, 0.25) is 0 Å². The molecule has 1 aromatic heterocycles. The molecule has 0 aliphatic carbocycles. The van der Waals surface area contributed by atoms with E-state index < -0.39 is 0 Å². The number of nitrogens with zero attached hydrogens (tertiary/aromatic N) is 2. The van der Waals surface area contributed by atoms with Crippen molar-refractivity contribution in [2.75, 3.05) is 11.9 Å². The third kappa shape index (κ3) is 3.90. The number of carbonyl (C=O) groups excluding carboxylic acids is 1. The Balaban J connectivity index is 1.73. The van der Waals surface area contributed by atoms with Gasteiger partial charge in [-0.1, -0.05) is 19.1 Å². The molecular weight excluding hydrogens is 328 g/mol. The highest BCUT2D eigenvalue weighted by Crippen LogP contribution is 2.17. The topological polar surface area (TPSA) is 90.8 Å². The van der Waals surface area contributed by atoms with Crippen molar-refractivity contribution in [3.8, 4) is 6.07 Å². The van der Waals surface area contributed by atoms with Crippen molar-refractivity contribution in [3.63, 3.8) is 0 Å². The van der Waals surface area contributed by atoms with Gasteiger partial charge in [-0.3, -0.25) is 0 Å². The molecule has 0 amide bonds. The second kappa shape index (κ2) is 7.99. The van der Waals surface area contributed by atoms with Crippen LogP contribution >= 0.6 is 0 Å². The van der Waals surface area contributed by atoms with E-state index in [1.54, 1.807) is 30.5 Å². The van der Waals surface area contributed by atoms with Crippen molar-refractivity contribution in [2.24, 2.45) is 0 Å². The number of esters is 1. The second-order valence-corrected chi connectivity index (χ2v) is 5.63. The van der Waals surface area contributed by atoms with Crippen LogP contribution in [0.4, 0.5) is 5.69 Å². The molecule has 0 unspecified atom stereocenters. The smallest absolute Gasteiger partial charge is 0.338 e. The minimum Gasteiger partial charge on any atom is -0.462 e. The van der Waals surface area contributed by atoms with E-state index in [9.17, 15) is 10.1 Å². The average Bonchev–Trinajstić information content (AvgIpc) is 3.11. The van der Waals surface area contributed by atoms with Gasteiger partial charge in [0.05, 0.1) is 23.2 Å². The highest BCUT2D eigenvalue weighted by Gasteiger charge is 2.08. The van der Waals surface area contributed by atoms with Crippen molar-refractivity contribution in [3.05, 3.63) is 66.1 Å². The number of ether oxygens (including phenoxy) is 1. The summed E-state index contributed by atoms with van der Waals surface area (Å²) in [6, 6.07) is 16.6. The zero-order valence-electron chi connectivity index (χ0n) is 14.3. The molecule has 3 aromatic rings. The van der Waals surface area contributed by atoms with Gasteiger partial charge in [0.25, 0.3) is 0 Å². The first-order chi connectivity index (χ1) is 12.7. The van der Waals surface area contributed by atoms with Crippen LogP contribution in [0, 0.1) is 11.3 Å². The highest BCUT2D eigenvalue weighted by atomic mass is 16.5. The molecule has 0 saturated carbocycles. The number of rotatable bonds is 6. The lowest BCUT2D eigenvalue weighted by molar-refractivity contribution is 0.0505. The molecule has 6 nitrogen and oxygen atoms in total. The molecule has 2 aromatic carbocycles. The third-order valence-electron chi connectivity index (χ3n) is 3.71. The van der Waals surface area contributed by atoms with E-state index in [2.05, 4.69) is 21.4 Å². The predicted molar refractivity (Wildman–Crippen MR) is 100 cm³/mol. The molecule has 0 bridgehead atoms. The van der Waals surface area contributed by atoms with Gasteiger partial charge in [-0.25, -0.2) is 9.78 Å². The Labute approximate surface area is 151 Å². The van der Waals surface area contributed by atoms with Crippen molar-refractivity contribution in [1.29, 1.82) is 5.26 Å². The summed E-state index contributed by atoms with van der Waals surface area (Å²) in [7, 11) is 0. The highest BCUT2D eigenvalue weighted by molar-refractivity contribution is 5.90. The molecule has 2 N–H and O–H groups in total. The Morgan fingerprint density at radius 1 is 1.27 bits per heavy atom. The number of nitrogens with one attached hydrogen (secondary N) is 2. The van der Waals surface area contributed by atoms with Crippen LogP contribution in [0.15, 0.2) is 54.7 Å². The molecule has 6 heteroatoms. The van der Waals surface area contributed by atoms with E-state index in [1.165, 1.54) is 0 Å². The molecule has 3 rings (SSSR count). The van der Waals surface area contributed by atoms with Crippen molar-refractivity contribution < 1.29 is 9.53 Å². The van der Waals surface area contributed by atoms with Crippen LogP contribution in [-0.4, -0.2) is 22.5 Å². The Kier molecular flexibility index (Phi) is 5.30. The number of allylic oxidation sites excluding steroid dienone is 1. The zero-order valence-corrected chi connectivity index (χ0v) is 14.3. The Hall–Kier alpha value is -3.59. The molecule has 0 fully saturated rings. The number of imidazole rings is 1. The maximum atomic E-state index is 11.8. The summed E-state index contributed by atoms with van der Waals surface area (Å²) in [6.45, 7) is 2.35. The van der Waals surface area contributed by atoms with Gasteiger partial charge >= 0.3 is 5.97 Å². The molecule has 0 saturated heterocycles. The first-order valence-corrected chi connectivity index (χ1v) is 8.30. The number of anilines is 1. The normalized spacial score (nSPS) is 11.2. The number of aromatic amines is 1. The summed E-state index contributed by atoms with van der Waals surface area (Å²) >= 11 is 0. The number of aromatic nitrogens is 2. The van der Waals surface area contributed by atoms with Crippen molar-refractivity contribution >= 4 is 28.3 Å². The zero-order chi connectivity index (χ0) is 18.4. The van der Waals surface area contributed by atoms with E-state index >= 15 is 0 Å². The molecular formula is C20H18N4O2. The molecule has 0 aliphatic heterocycles. The summed E-state index contributed by atoms with van der Waals surface area (Å²) in [6.07, 6.45) is 2.37. The van der Waals surface area contributed by atoms with Crippen LogP contribution in [-0.2, 0) is 4.74 Å². The van der Waals surface area contributed by atoms with Gasteiger partial charge in [0, 0.05) is 11.9 Å². The number of fused-ring (bicyclic) bond motifs is 1. The summed E-state index contributed by atoms with van der Waals surface area (Å²) < 4.78 is 5.09. The number of H-pyrrole nitrogens is 1. The summed E-state index contributed by atoms with van der Waals surface area (Å²) in [5.74, 6) is 0.162. The molecule has 0 aliphatic rings. The van der Waals surface area contributed by atoms with E-state index in [-0.39, 0.29) is 5.97 Å². The van der Waals surface area contributed by atoms with Gasteiger partial charge < -0.3 is 15.0 Å². The number of hydrogen-bond acceptors (Lipinski definition) is 5. The van der Waals surface area contributed by atoms with Crippen LogP contribution in [0.5, 0.6) is 0 Å². The third-order valence-corrected chi connectivity index (χ3v) is 3.71. The fourth-order valence-corrected chi connectivity index (χ4v) is 2.37. The lowest BCUT2D eigenvalue weighted by atomic mass is 10.2.